The van der Waals surface area contributed by atoms with Crippen molar-refractivity contribution in [2.75, 3.05) is 45.7 Å². The van der Waals surface area contributed by atoms with E-state index >= 15 is 0 Å². The minimum absolute atomic E-state index is 0.531. The van der Waals surface area contributed by atoms with E-state index in [9.17, 15) is 0 Å². The smallest absolute Gasteiger partial charge is 0.118 e. The van der Waals surface area contributed by atoms with Gasteiger partial charge in [-0.3, -0.25) is 0 Å². The van der Waals surface area contributed by atoms with Gasteiger partial charge in [0.15, 0.2) is 0 Å². The Labute approximate surface area is 195 Å². The lowest BCUT2D eigenvalue weighted by Gasteiger charge is -2.43. The van der Waals surface area contributed by atoms with Crippen LogP contribution in [0.5, 0.6) is 0 Å². The van der Waals surface area contributed by atoms with Gasteiger partial charge in [0.05, 0.1) is 0 Å². The highest BCUT2D eigenvalue weighted by Crippen LogP contribution is 2.19. The van der Waals surface area contributed by atoms with E-state index in [0.717, 1.165) is 45.7 Å². The summed E-state index contributed by atoms with van der Waals surface area (Å²) in [5.74, 6) is 0. The van der Waals surface area contributed by atoms with E-state index in [1.165, 1.54) is 25.7 Å². The second-order valence-electron chi connectivity index (χ2n) is 12.1. The van der Waals surface area contributed by atoms with E-state index in [1.807, 2.05) is 0 Å². The van der Waals surface area contributed by atoms with Gasteiger partial charge in [-0.2, -0.15) is 0 Å². The van der Waals surface area contributed by atoms with Gasteiger partial charge in [0.25, 0.3) is 0 Å². The van der Waals surface area contributed by atoms with Crippen molar-refractivity contribution < 1.29 is 9.47 Å². The van der Waals surface area contributed by atoms with Crippen LogP contribution in [0.1, 0.15) is 25.7 Å². The third kappa shape index (κ3) is 15.5. The lowest BCUT2D eigenvalue weighted by Crippen LogP contribution is -2.59. The Morgan fingerprint density at radius 2 is 0.967 bits per heavy atom. The summed E-state index contributed by atoms with van der Waals surface area (Å²) >= 11 is 0. The molecule has 0 atom stereocenters. The first-order chi connectivity index (χ1) is 13.7. The molecule has 0 bridgehead atoms. The molecule has 0 aromatic heterocycles. The van der Waals surface area contributed by atoms with Crippen molar-refractivity contribution in [1.29, 1.82) is 0 Å². The third-order valence-electron chi connectivity index (χ3n) is 5.37. The monoisotopic (exact) mass is 492 g/mol. The molecular formula is C22H56N2O2Si4. The molecule has 0 saturated carbocycles. The van der Waals surface area contributed by atoms with Crippen LogP contribution in [0.3, 0.4) is 0 Å². The fourth-order valence-electron chi connectivity index (χ4n) is 4.11. The second-order valence-corrected chi connectivity index (χ2v) is 30.5. The van der Waals surface area contributed by atoms with Gasteiger partial charge in [0.2, 0.25) is 0 Å². The van der Waals surface area contributed by atoms with E-state index in [2.05, 4.69) is 80.8 Å². The molecular weight excluding hydrogens is 437 g/mol. The Morgan fingerprint density at radius 1 is 0.567 bits per heavy atom. The summed E-state index contributed by atoms with van der Waals surface area (Å²) in [6, 6.07) is 0. The number of rotatable bonds is 18. The molecule has 0 aliphatic heterocycles. The van der Waals surface area contributed by atoms with Crippen LogP contribution in [0.15, 0.2) is 0 Å². The Kier molecular flexibility index (Phi) is 15.1. The van der Waals surface area contributed by atoms with Gasteiger partial charge in [-0.15, -0.1) is 0 Å². The normalized spacial score (nSPS) is 13.8. The fraction of sp³-hybridized carbons (Fsp3) is 1.00. The van der Waals surface area contributed by atoms with Gasteiger partial charge in [-0.25, -0.2) is 0 Å². The van der Waals surface area contributed by atoms with Gasteiger partial charge < -0.3 is 18.3 Å². The van der Waals surface area contributed by atoms with Crippen LogP contribution in [0, 0.1) is 0 Å². The molecule has 0 saturated heterocycles. The van der Waals surface area contributed by atoms with Crippen molar-refractivity contribution in [1.82, 2.24) is 8.80 Å². The largest absolute Gasteiger partial charge is 0.381 e. The van der Waals surface area contributed by atoms with Crippen LogP contribution in [0.4, 0.5) is 0 Å². The lowest BCUT2D eigenvalue weighted by molar-refractivity contribution is 0.0985. The summed E-state index contributed by atoms with van der Waals surface area (Å²) in [4.78, 5) is 0. The molecule has 0 N–H and O–H groups in total. The average molecular weight is 493 g/mol. The van der Waals surface area contributed by atoms with Gasteiger partial charge in [0, 0.05) is 35.2 Å². The molecule has 0 fully saturated rings. The molecule has 0 aromatic rings. The molecule has 0 aliphatic rings. The quantitative estimate of drug-likeness (QED) is 0.180. The summed E-state index contributed by atoms with van der Waals surface area (Å²) in [5, 5.41) is 0. The van der Waals surface area contributed by atoms with E-state index in [4.69, 9.17) is 9.47 Å². The van der Waals surface area contributed by atoms with Crippen molar-refractivity contribution in [3.05, 3.63) is 0 Å². The molecule has 30 heavy (non-hydrogen) atoms. The maximum Gasteiger partial charge on any atom is 0.118 e. The first-order valence-corrected chi connectivity index (χ1v) is 25.8. The number of hydrogen-bond donors (Lipinski definition) is 0. The standard InChI is InChI=1S/C22H56N2O2Si4/c1-27(2)22-23(28(3,4)5)16-14-20-25-18-12-13-19-26-21-15-17-24(29(6,7)8)30(9,10)11/h27H,12-22H2,1-11H3. The van der Waals surface area contributed by atoms with Crippen LogP contribution in [-0.4, -0.2) is 88.0 Å². The van der Waals surface area contributed by atoms with Gasteiger partial charge in [-0.05, 0) is 44.9 Å². The Bertz CT molecular complexity index is 418. The van der Waals surface area contributed by atoms with Crippen LogP contribution in [0.2, 0.25) is 72.0 Å². The predicted octanol–water partition coefficient (Wildman–Crippen LogP) is 5.71. The molecule has 0 aliphatic carbocycles. The molecule has 0 rings (SSSR count). The van der Waals surface area contributed by atoms with E-state index < -0.39 is 33.5 Å². The summed E-state index contributed by atoms with van der Waals surface area (Å²) < 4.78 is 17.4. The average Bonchev–Trinajstić information content (AvgIpc) is 2.54. The van der Waals surface area contributed by atoms with Crippen molar-refractivity contribution in [2.24, 2.45) is 0 Å². The minimum Gasteiger partial charge on any atom is -0.381 e. The summed E-state index contributed by atoms with van der Waals surface area (Å²) in [6.07, 6.45) is 5.93. The highest BCUT2D eigenvalue weighted by Gasteiger charge is 2.33. The maximum absolute atomic E-state index is 5.89. The lowest BCUT2D eigenvalue weighted by atomic mass is 10.3. The zero-order valence-electron chi connectivity index (χ0n) is 22.6. The predicted molar refractivity (Wildman–Crippen MR) is 147 cm³/mol. The molecule has 0 amide bonds. The molecule has 0 spiro atoms. The number of unbranched alkanes of at least 4 members (excludes halogenated alkanes) is 1. The minimum atomic E-state index is -1.22. The fourth-order valence-corrected chi connectivity index (χ4v) is 19.0. The van der Waals surface area contributed by atoms with E-state index in [-0.39, 0.29) is 0 Å². The number of ether oxygens (including phenoxy) is 2. The van der Waals surface area contributed by atoms with Crippen LogP contribution in [-0.2, 0) is 9.47 Å². The first kappa shape index (κ1) is 30.7. The van der Waals surface area contributed by atoms with E-state index in [1.54, 1.807) is 0 Å². The van der Waals surface area contributed by atoms with Crippen molar-refractivity contribution in [3.63, 3.8) is 0 Å². The molecule has 0 heterocycles. The highest BCUT2D eigenvalue weighted by atomic mass is 28.4. The molecule has 0 radical (unpaired) electrons. The highest BCUT2D eigenvalue weighted by molar-refractivity contribution is 6.89. The summed E-state index contributed by atoms with van der Waals surface area (Å²) in [6.45, 7) is 33.2. The van der Waals surface area contributed by atoms with E-state index in [0.29, 0.717) is 0 Å². The van der Waals surface area contributed by atoms with Gasteiger partial charge >= 0.3 is 0 Å². The van der Waals surface area contributed by atoms with Crippen molar-refractivity contribution in [2.45, 2.75) is 97.7 Å². The zero-order chi connectivity index (χ0) is 23.4. The SMILES string of the molecule is C[SiH](C)CN(CCCOCCCCOCCCN([Si](C)(C)C)[Si](C)(C)C)[Si](C)(C)C. The zero-order valence-corrected chi connectivity index (χ0v) is 26.7. The molecule has 4 nitrogen and oxygen atoms in total. The van der Waals surface area contributed by atoms with Gasteiger partial charge in [-0.1, -0.05) is 72.0 Å². The number of nitrogens with zero attached hydrogens (tertiary/aromatic N) is 2. The Morgan fingerprint density at radius 3 is 1.33 bits per heavy atom. The van der Waals surface area contributed by atoms with Crippen LogP contribution in [0.25, 0.3) is 0 Å². The summed E-state index contributed by atoms with van der Waals surface area (Å²) in [7, 11) is -4.15. The maximum atomic E-state index is 5.89. The molecule has 0 unspecified atom stereocenters. The number of hydrogen-bond acceptors (Lipinski definition) is 4. The second kappa shape index (κ2) is 14.8. The van der Waals surface area contributed by atoms with Crippen molar-refractivity contribution >= 4 is 33.5 Å². The van der Waals surface area contributed by atoms with Gasteiger partial charge in [0.1, 0.15) is 24.7 Å². The van der Waals surface area contributed by atoms with Crippen LogP contribution >= 0.6 is 0 Å². The molecule has 8 heteroatoms. The molecule has 182 valence electrons. The Hall–Kier alpha value is 0.708. The third-order valence-corrected chi connectivity index (χ3v) is 16.9. The Balaban J connectivity index is 3.73. The topological polar surface area (TPSA) is 24.9 Å². The first-order valence-electron chi connectivity index (χ1n) is 12.3. The molecule has 0 aromatic carbocycles. The van der Waals surface area contributed by atoms with Crippen molar-refractivity contribution in [3.8, 4) is 0 Å². The van der Waals surface area contributed by atoms with Crippen LogP contribution < -0.4 is 0 Å². The summed E-state index contributed by atoms with van der Waals surface area (Å²) in [5.41, 5.74) is 0.